The van der Waals surface area contributed by atoms with Gasteiger partial charge < -0.3 is 4.74 Å². The van der Waals surface area contributed by atoms with E-state index in [9.17, 15) is 4.79 Å². The van der Waals surface area contributed by atoms with E-state index in [0.29, 0.717) is 6.61 Å². The molecule has 0 unspecified atom stereocenters. The predicted octanol–water partition coefficient (Wildman–Crippen LogP) is 2.09. The number of hydrogen-bond donors (Lipinski definition) is 1. The van der Waals surface area contributed by atoms with Crippen LogP contribution in [-0.2, 0) is 9.53 Å². The van der Waals surface area contributed by atoms with Gasteiger partial charge in [0.1, 0.15) is 5.54 Å². The predicted molar refractivity (Wildman–Crippen MR) is 66.8 cm³/mol. The Labute approximate surface area is 102 Å². The van der Waals surface area contributed by atoms with E-state index >= 15 is 0 Å². The molecule has 1 fully saturated rings. The van der Waals surface area contributed by atoms with E-state index in [0.717, 1.165) is 12.8 Å². The van der Waals surface area contributed by atoms with Crippen LogP contribution in [-0.4, -0.2) is 25.0 Å². The third-order valence-corrected chi connectivity index (χ3v) is 3.58. The van der Waals surface area contributed by atoms with Crippen molar-refractivity contribution in [2.24, 2.45) is 0 Å². The molecule has 0 radical (unpaired) electrons. The van der Waals surface area contributed by atoms with Crippen molar-refractivity contribution in [2.45, 2.75) is 31.3 Å². The van der Waals surface area contributed by atoms with Gasteiger partial charge in [-0.25, -0.2) is 0 Å². The summed E-state index contributed by atoms with van der Waals surface area (Å²) in [5, 5.41) is 3.45. The summed E-state index contributed by atoms with van der Waals surface area (Å²) in [4.78, 5) is 11.8. The SMILES string of the molecule is COC[C@@]1(C(C)=O)CC[C@@H](c2ccccc2)N1. The topological polar surface area (TPSA) is 38.3 Å². The minimum Gasteiger partial charge on any atom is -0.382 e. The zero-order valence-electron chi connectivity index (χ0n) is 10.4. The highest BCUT2D eigenvalue weighted by molar-refractivity contribution is 5.86. The lowest BCUT2D eigenvalue weighted by Crippen LogP contribution is -2.50. The molecule has 0 amide bonds. The molecule has 3 heteroatoms. The fraction of sp³-hybridized carbons (Fsp3) is 0.500. The molecule has 92 valence electrons. The lowest BCUT2D eigenvalue weighted by atomic mass is 9.94. The van der Waals surface area contributed by atoms with Gasteiger partial charge in [0.05, 0.1) is 6.61 Å². The number of Topliss-reactive ketones (excluding diaryl/α,β-unsaturated/α-hetero) is 1. The first-order valence-electron chi connectivity index (χ1n) is 6.00. The number of nitrogens with one attached hydrogen (secondary N) is 1. The number of ketones is 1. The molecule has 0 bridgehead atoms. The van der Waals surface area contributed by atoms with Gasteiger partial charge in [0.15, 0.2) is 5.78 Å². The molecule has 17 heavy (non-hydrogen) atoms. The molecular weight excluding hydrogens is 214 g/mol. The molecule has 0 aliphatic carbocycles. The van der Waals surface area contributed by atoms with Crippen molar-refractivity contribution in [3.63, 3.8) is 0 Å². The molecule has 0 spiro atoms. The zero-order valence-corrected chi connectivity index (χ0v) is 10.4. The molecule has 1 aliphatic heterocycles. The molecule has 1 aromatic carbocycles. The number of benzene rings is 1. The van der Waals surface area contributed by atoms with Gasteiger partial charge in [-0.05, 0) is 25.3 Å². The minimum absolute atomic E-state index is 0.165. The van der Waals surface area contributed by atoms with E-state index in [1.54, 1.807) is 14.0 Å². The molecule has 0 aromatic heterocycles. The lowest BCUT2D eigenvalue weighted by Gasteiger charge is -2.27. The molecule has 1 aromatic rings. The first kappa shape index (κ1) is 12.3. The Bertz CT molecular complexity index is 390. The summed E-state index contributed by atoms with van der Waals surface area (Å²) >= 11 is 0. The second-order valence-electron chi connectivity index (χ2n) is 4.72. The Morgan fingerprint density at radius 1 is 1.47 bits per heavy atom. The van der Waals surface area contributed by atoms with Crippen molar-refractivity contribution in [1.82, 2.24) is 5.32 Å². The van der Waals surface area contributed by atoms with Gasteiger partial charge >= 0.3 is 0 Å². The Kier molecular flexibility index (Phi) is 3.60. The van der Waals surface area contributed by atoms with Gasteiger partial charge in [0.2, 0.25) is 0 Å². The summed E-state index contributed by atoms with van der Waals surface area (Å²) < 4.78 is 5.19. The van der Waals surface area contributed by atoms with Crippen LogP contribution in [0.4, 0.5) is 0 Å². The molecule has 0 saturated carbocycles. The maximum Gasteiger partial charge on any atom is 0.152 e. The van der Waals surface area contributed by atoms with Gasteiger partial charge in [-0.1, -0.05) is 30.3 Å². The number of carbonyl (C=O) groups is 1. The van der Waals surface area contributed by atoms with Gasteiger partial charge in [-0.2, -0.15) is 0 Å². The van der Waals surface area contributed by atoms with Crippen molar-refractivity contribution in [1.29, 1.82) is 0 Å². The van der Waals surface area contributed by atoms with Crippen molar-refractivity contribution in [2.75, 3.05) is 13.7 Å². The quantitative estimate of drug-likeness (QED) is 0.865. The second kappa shape index (κ2) is 4.98. The normalized spacial score (nSPS) is 28.2. The number of methoxy groups -OCH3 is 1. The standard InChI is InChI=1S/C14H19NO2/c1-11(16)14(10-17-2)9-8-13(15-14)12-6-4-3-5-7-12/h3-7,13,15H,8-10H2,1-2H3/t13-,14+/m0/s1. The Balaban J connectivity index is 2.15. The van der Waals surface area contributed by atoms with Gasteiger partial charge in [0, 0.05) is 13.2 Å². The maximum atomic E-state index is 11.8. The van der Waals surface area contributed by atoms with E-state index < -0.39 is 5.54 Å². The number of carbonyl (C=O) groups excluding carboxylic acids is 1. The van der Waals surface area contributed by atoms with E-state index in [1.165, 1.54) is 5.56 Å². The van der Waals surface area contributed by atoms with Crippen LogP contribution in [0.5, 0.6) is 0 Å². The highest BCUT2D eigenvalue weighted by Gasteiger charge is 2.42. The fourth-order valence-electron chi connectivity index (χ4n) is 2.54. The molecule has 1 heterocycles. The summed E-state index contributed by atoms with van der Waals surface area (Å²) in [5.74, 6) is 0.165. The third-order valence-electron chi connectivity index (χ3n) is 3.58. The largest absolute Gasteiger partial charge is 0.382 e. The summed E-state index contributed by atoms with van der Waals surface area (Å²) in [7, 11) is 1.64. The summed E-state index contributed by atoms with van der Waals surface area (Å²) in [6.07, 6.45) is 1.82. The van der Waals surface area contributed by atoms with E-state index in [1.807, 2.05) is 18.2 Å². The van der Waals surface area contributed by atoms with Crippen molar-refractivity contribution < 1.29 is 9.53 Å². The summed E-state index contributed by atoms with van der Waals surface area (Å²) in [6, 6.07) is 10.5. The molecule has 2 rings (SSSR count). The highest BCUT2D eigenvalue weighted by atomic mass is 16.5. The third kappa shape index (κ3) is 2.40. The van der Waals surface area contributed by atoms with Crippen LogP contribution in [0.2, 0.25) is 0 Å². The average Bonchev–Trinajstić information content (AvgIpc) is 2.76. The summed E-state index contributed by atoms with van der Waals surface area (Å²) in [6.45, 7) is 2.09. The van der Waals surface area contributed by atoms with Crippen LogP contribution in [0.1, 0.15) is 31.4 Å². The average molecular weight is 233 g/mol. The monoisotopic (exact) mass is 233 g/mol. The summed E-state index contributed by atoms with van der Waals surface area (Å²) in [5.41, 5.74) is 0.752. The number of rotatable bonds is 4. The van der Waals surface area contributed by atoms with Crippen LogP contribution in [0.3, 0.4) is 0 Å². The molecule has 2 atom stereocenters. The Hall–Kier alpha value is -1.19. The van der Waals surface area contributed by atoms with Crippen LogP contribution in [0.15, 0.2) is 30.3 Å². The van der Waals surface area contributed by atoms with Gasteiger partial charge in [-0.3, -0.25) is 10.1 Å². The van der Waals surface area contributed by atoms with E-state index in [4.69, 9.17) is 4.74 Å². The van der Waals surface area contributed by atoms with Crippen molar-refractivity contribution in [3.05, 3.63) is 35.9 Å². The van der Waals surface area contributed by atoms with Crippen LogP contribution in [0, 0.1) is 0 Å². The molecule has 1 aliphatic rings. The molecule has 1 N–H and O–H groups in total. The minimum atomic E-state index is -0.491. The second-order valence-corrected chi connectivity index (χ2v) is 4.72. The zero-order chi connectivity index (χ0) is 12.3. The van der Waals surface area contributed by atoms with Gasteiger partial charge in [-0.15, -0.1) is 0 Å². The molecule has 3 nitrogen and oxygen atoms in total. The smallest absolute Gasteiger partial charge is 0.152 e. The van der Waals surface area contributed by atoms with Crippen LogP contribution >= 0.6 is 0 Å². The first-order chi connectivity index (χ1) is 8.18. The fourth-order valence-corrected chi connectivity index (χ4v) is 2.54. The lowest BCUT2D eigenvalue weighted by molar-refractivity contribution is -0.124. The van der Waals surface area contributed by atoms with Crippen LogP contribution in [0.25, 0.3) is 0 Å². The highest BCUT2D eigenvalue weighted by Crippen LogP contribution is 2.33. The van der Waals surface area contributed by atoms with E-state index in [2.05, 4.69) is 17.4 Å². The number of ether oxygens (including phenoxy) is 1. The Morgan fingerprint density at radius 3 is 2.76 bits per heavy atom. The maximum absolute atomic E-state index is 11.8. The van der Waals surface area contributed by atoms with Crippen molar-refractivity contribution in [3.8, 4) is 0 Å². The molecule has 1 saturated heterocycles. The van der Waals surface area contributed by atoms with Gasteiger partial charge in [0.25, 0.3) is 0 Å². The van der Waals surface area contributed by atoms with Crippen LogP contribution < -0.4 is 5.32 Å². The Morgan fingerprint density at radius 2 is 2.18 bits per heavy atom. The number of hydrogen-bond acceptors (Lipinski definition) is 3. The molecular formula is C14H19NO2. The van der Waals surface area contributed by atoms with E-state index in [-0.39, 0.29) is 11.8 Å². The first-order valence-corrected chi connectivity index (χ1v) is 6.00. The van der Waals surface area contributed by atoms with Crippen molar-refractivity contribution >= 4 is 5.78 Å².